The Labute approximate surface area is 168 Å². The van der Waals surface area contributed by atoms with Gasteiger partial charge in [-0.25, -0.2) is 0 Å². The largest absolute Gasteiger partial charge is 0.277 e. The van der Waals surface area contributed by atoms with Crippen LogP contribution in [0.3, 0.4) is 0 Å². The van der Waals surface area contributed by atoms with Crippen LogP contribution in [0.1, 0.15) is 0 Å². The van der Waals surface area contributed by atoms with E-state index in [0.29, 0.717) is 5.56 Å². The van der Waals surface area contributed by atoms with Crippen molar-refractivity contribution in [2.75, 3.05) is 0 Å². The Balaban J connectivity index is 1.83. The Bertz CT molecular complexity index is 1380. The summed E-state index contributed by atoms with van der Waals surface area (Å²) in [6, 6.07) is 33.8. The van der Waals surface area contributed by atoms with Gasteiger partial charge in [0.05, 0.1) is 10.5 Å². The van der Waals surface area contributed by atoms with E-state index in [1.807, 2.05) is 42.5 Å². The van der Waals surface area contributed by atoms with Crippen LogP contribution in [0, 0.1) is 10.1 Å². The van der Waals surface area contributed by atoms with E-state index in [4.69, 9.17) is 0 Å². The summed E-state index contributed by atoms with van der Waals surface area (Å²) in [5, 5.41) is 16.1. The maximum atomic E-state index is 11.6. The summed E-state index contributed by atoms with van der Waals surface area (Å²) >= 11 is 0. The zero-order chi connectivity index (χ0) is 19.8. The highest BCUT2D eigenvalue weighted by molar-refractivity contribution is 6.08. The van der Waals surface area contributed by atoms with Crippen LogP contribution < -0.4 is 0 Å². The fraction of sp³-hybridized carbons (Fsp3) is 0. The van der Waals surface area contributed by atoms with Crippen LogP contribution >= 0.6 is 0 Å². The van der Waals surface area contributed by atoms with Crippen LogP contribution in [0.25, 0.3) is 43.8 Å². The van der Waals surface area contributed by atoms with E-state index < -0.39 is 0 Å². The van der Waals surface area contributed by atoms with Gasteiger partial charge in [0, 0.05) is 6.07 Å². The van der Waals surface area contributed by atoms with Crippen LogP contribution in [-0.2, 0) is 0 Å². The molecule has 3 heteroatoms. The smallest absolute Gasteiger partial charge is 0.258 e. The topological polar surface area (TPSA) is 43.1 Å². The highest BCUT2D eigenvalue weighted by Crippen LogP contribution is 2.40. The van der Waals surface area contributed by atoms with Gasteiger partial charge >= 0.3 is 0 Å². The molecule has 0 fully saturated rings. The zero-order valence-electron chi connectivity index (χ0n) is 15.6. The standard InChI is InChI=1S/C26H17NO2/c28-27(29)25-14-4-3-11-23(25)24-13-6-10-19-9-5-12-22(26(19)24)21-16-15-18-7-1-2-8-20(18)17-21/h1-17H. The lowest BCUT2D eigenvalue weighted by Crippen LogP contribution is -1.93. The molecule has 0 aromatic heterocycles. The van der Waals surface area contributed by atoms with Crippen LogP contribution in [0.4, 0.5) is 5.69 Å². The van der Waals surface area contributed by atoms with Gasteiger partial charge in [-0.15, -0.1) is 0 Å². The molecule has 0 heterocycles. The summed E-state index contributed by atoms with van der Waals surface area (Å²) in [7, 11) is 0. The van der Waals surface area contributed by atoms with Crippen LogP contribution in [0.5, 0.6) is 0 Å². The lowest BCUT2D eigenvalue weighted by Gasteiger charge is -2.13. The maximum Gasteiger partial charge on any atom is 0.277 e. The van der Waals surface area contributed by atoms with E-state index in [1.165, 1.54) is 10.8 Å². The number of nitro benzene ring substituents is 1. The molecule has 138 valence electrons. The van der Waals surface area contributed by atoms with Gasteiger partial charge in [0.15, 0.2) is 0 Å². The lowest BCUT2D eigenvalue weighted by atomic mass is 9.90. The highest BCUT2D eigenvalue weighted by Gasteiger charge is 2.18. The van der Waals surface area contributed by atoms with E-state index in [2.05, 4.69) is 48.5 Å². The molecule has 0 amide bonds. The molecule has 0 aliphatic heterocycles. The second-order valence-corrected chi connectivity index (χ2v) is 7.05. The number of rotatable bonds is 3. The van der Waals surface area contributed by atoms with Gasteiger partial charge in [-0.2, -0.15) is 0 Å². The van der Waals surface area contributed by atoms with Crippen molar-refractivity contribution in [2.24, 2.45) is 0 Å². The Kier molecular flexibility index (Phi) is 4.07. The number of nitro groups is 1. The predicted molar refractivity (Wildman–Crippen MR) is 119 cm³/mol. The molecule has 0 saturated carbocycles. The molecule has 0 unspecified atom stereocenters. The van der Waals surface area contributed by atoms with Crippen molar-refractivity contribution >= 4 is 27.2 Å². The van der Waals surface area contributed by atoms with Crippen LogP contribution in [0.15, 0.2) is 103 Å². The fourth-order valence-electron chi connectivity index (χ4n) is 4.02. The Morgan fingerprint density at radius 1 is 0.552 bits per heavy atom. The molecule has 3 nitrogen and oxygen atoms in total. The molecule has 0 saturated heterocycles. The van der Waals surface area contributed by atoms with E-state index in [0.717, 1.165) is 27.5 Å². The molecule has 0 radical (unpaired) electrons. The third-order valence-corrected chi connectivity index (χ3v) is 5.36. The number of para-hydroxylation sites is 1. The van der Waals surface area contributed by atoms with Crippen molar-refractivity contribution in [3.05, 3.63) is 113 Å². The maximum absolute atomic E-state index is 11.6. The molecular formula is C26H17NO2. The first-order valence-electron chi connectivity index (χ1n) is 9.47. The average molecular weight is 375 g/mol. The Hall–Kier alpha value is -3.98. The molecule has 5 rings (SSSR count). The van der Waals surface area contributed by atoms with E-state index in [1.54, 1.807) is 12.1 Å². The number of fused-ring (bicyclic) bond motifs is 2. The SMILES string of the molecule is O=[N+]([O-])c1ccccc1-c1cccc2cccc(-c3ccc4ccccc4c3)c12. The molecule has 0 aliphatic rings. The van der Waals surface area contributed by atoms with Crippen molar-refractivity contribution < 1.29 is 4.92 Å². The molecule has 5 aromatic carbocycles. The minimum absolute atomic E-state index is 0.119. The summed E-state index contributed by atoms with van der Waals surface area (Å²) in [5.74, 6) is 0. The lowest BCUT2D eigenvalue weighted by molar-refractivity contribution is -0.384. The van der Waals surface area contributed by atoms with Gasteiger partial charge in [0.1, 0.15) is 0 Å². The predicted octanol–water partition coefficient (Wildman–Crippen LogP) is 7.24. The molecule has 0 atom stereocenters. The van der Waals surface area contributed by atoms with Gasteiger partial charge in [-0.05, 0) is 50.4 Å². The summed E-state index contributed by atoms with van der Waals surface area (Å²) in [6.07, 6.45) is 0. The molecule has 0 bridgehead atoms. The third kappa shape index (κ3) is 2.93. The van der Waals surface area contributed by atoms with Gasteiger partial charge in [-0.1, -0.05) is 84.9 Å². The fourth-order valence-corrected chi connectivity index (χ4v) is 4.02. The van der Waals surface area contributed by atoms with Crippen molar-refractivity contribution in [1.82, 2.24) is 0 Å². The van der Waals surface area contributed by atoms with Crippen molar-refractivity contribution in [3.8, 4) is 22.3 Å². The molecule has 0 aliphatic carbocycles. The first kappa shape index (κ1) is 17.1. The van der Waals surface area contributed by atoms with Crippen molar-refractivity contribution in [3.63, 3.8) is 0 Å². The third-order valence-electron chi connectivity index (χ3n) is 5.36. The first-order chi connectivity index (χ1) is 14.2. The molecular weight excluding hydrogens is 358 g/mol. The Morgan fingerprint density at radius 3 is 1.97 bits per heavy atom. The van der Waals surface area contributed by atoms with Crippen molar-refractivity contribution in [1.29, 1.82) is 0 Å². The minimum Gasteiger partial charge on any atom is -0.258 e. The molecule has 0 N–H and O–H groups in total. The molecule has 5 aromatic rings. The normalized spacial score (nSPS) is 11.0. The van der Waals surface area contributed by atoms with Gasteiger partial charge in [-0.3, -0.25) is 10.1 Å². The van der Waals surface area contributed by atoms with E-state index in [9.17, 15) is 10.1 Å². The number of hydrogen-bond donors (Lipinski definition) is 0. The second-order valence-electron chi connectivity index (χ2n) is 7.05. The minimum atomic E-state index is -0.313. The molecule has 29 heavy (non-hydrogen) atoms. The van der Waals surface area contributed by atoms with Gasteiger partial charge < -0.3 is 0 Å². The summed E-state index contributed by atoms with van der Waals surface area (Å²) in [4.78, 5) is 11.3. The number of benzene rings is 5. The zero-order valence-corrected chi connectivity index (χ0v) is 15.6. The van der Waals surface area contributed by atoms with E-state index in [-0.39, 0.29) is 10.6 Å². The second kappa shape index (κ2) is 6.88. The summed E-state index contributed by atoms with van der Waals surface area (Å²) in [6.45, 7) is 0. The first-order valence-corrected chi connectivity index (χ1v) is 9.47. The van der Waals surface area contributed by atoms with Crippen molar-refractivity contribution in [2.45, 2.75) is 0 Å². The molecule has 0 spiro atoms. The van der Waals surface area contributed by atoms with Gasteiger partial charge in [0.2, 0.25) is 0 Å². The number of nitrogens with zero attached hydrogens (tertiary/aromatic N) is 1. The number of hydrogen-bond acceptors (Lipinski definition) is 2. The van der Waals surface area contributed by atoms with Crippen LogP contribution in [-0.4, -0.2) is 4.92 Å². The highest BCUT2D eigenvalue weighted by atomic mass is 16.6. The monoisotopic (exact) mass is 375 g/mol. The summed E-state index contributed by atoms with van der Waals surface area (Å²) < 4.78 is 0. The van der Waals surface area contributed by atoms with Crippen LogP contribution in [0.2, 0.25) is 0 Å². The van der Waals surface area contributed by atoms with Gasteiger partial charge in [0.25, 0.3) is 5.69 Å². The average Bonchev–Trinajstić information content (AvgIpc) is 2.78. The quantitative estimate of drug-likeness (QED) is 0.246. The van der Waals surface area contributed by atoms with E-state index >= 15 is 0 Å². The summed E-state index contributed by atoms with van der Waals surface area (Å²) in [5.41, 5.74) is 3.80. The Morgan fingerprint density at radius 2 is 1.17 bits per heavy atom.